The molecule has 2 unspecified atom stereocenters. The molecule has 0 aromatic heterocycles. The van der Waals surface area contributed by atoms with Gasteiger partial charge in [-0.3, -0.25) is 0 Å². The first-order valence-electron chi connectivity index (χ1n) is 7.04. The maximum atomic E-state index is 9.94. The summed E-state index contributed by atoms with van der Waals surface area (Å²) >= 11 is 0. The Balaban J connectivity index is 2.04. The van der Waals surface area contributed by atoms with Gasteiger partial charge < -0.3 is 55.1 Å². The molecule has 2 aliphatic heterocycles. The highest BCUT2D eigenvalue weighted by Crippen LogP contribution is 2.29. The summed E-state index contributed by atoms with van der Waals surface area (Å²) in [6.45, 7) is -2.07. The van der Waals surface area contributed by atoms with Gasteiger partial charge >= 0.3 is 0 Å². The summed E-state index contributed by atoms with van der Waals surface area (Å²) in [5.41, 5.74) is 0. The minimum atomic E-state index is -2.35. The standard InChI is InChI=1S/C12H22O11/c13-1-4-6(15)8(17)9(18)11(22-4)23-5-2-21-12(20,3-14)10(19)7(5)16/h4-11,13-20H,1-3H2/t4-,5?,6-,7-,8+,9-,10+,11?,12+/m1/s1. The van der Waals surface area contributed by atoms with Crippen molar-refractivity contribution in [2.45, 2.75) is 54.8 Å². The molecule has 0 bridgehead atoms. The van der Waals surface area contributed by atoms with E-state index in [2.05, 4.69) is 0 Å². The van der Waals surface area contributed by atoms with E-state index in [1.807, 2.05) is 0 Å². The summed E-state index contributed by atoms with van der Waals surface area (Å²) in [5.74, 6) is -2.35. The van der Waals surface area contributed by atoms with Gasteiger partial charge in [-0.2, -0.15) is 0 Å². The van der Waals surface area contributed by atoms with Crippen LogP contribution < -0.4 is 0 Å². The lowest BCUT2D eigenvalue weighted by molar-refractivity contribution is -0.367. The lowest BCUT2D eigenvalue weighted by Crippen LogP contribution is -2.65. The van der Waals surface area contributed by atoms with Gasteiger partial charge in [0.25, 0.3) is 0 Å². The first-order valence-corrected chi connectivity index (χ1v) is 7.04. The summed E-state index contributed by atoms with van der Waals surface area (Å²) in [6.07, 6.45) is -12.5. The van der Waals surface area contributed by atoms with Gasteiger partial charge in [-0.25, -0.2) is 0 Å². The maximum Gasteiger partial charge on any atom is 0.218 e. The van der Waals surface area contributed by atoms with Crippen molar-refractivity contribution in [3.05, 3.63) is 0 Å². The smallest absolute Gasteiger partial charge is 0.218 e. The van der Waals surface area contributed by atoms with Crippen LogP contribution in [0.2, 0.25) is 0 Å². The predicted molar refractivity (Wildman–Crippen MR) is 68.6 cm³/mol. The molecule has 2 fully saturated rings. The van der Waals surface area contributed by atoms with E-state index in [-0.39, 0.29) is 0 Å². The number of hydrogen-bond acceptors (Lipinski definition) is 11. The maximum absolute atomic E-state index is 9.94. The predicted octanol–water partition coefficient (Wildman–Crippen LogP) is -5.40. The largest absolute Gasteiger partial charge is 0.394 e. The Morgan fingerprint density at radius 2 is 1.61 bits per heavy atom. The number of hydrogen-bond donors (Lipinski definition) is 8. The number of ether oxygens (including phenoxy) is 3. The van der Waals surface area contributed by atoms with Crippen molar-refractivity contribution >= 4 is 0 Å². The summed E-state index contributed by atoms with van der Waals surface area (Å²) in [5, 5.41) is 76.6. The van der Waals surface area contributed by atoms with Crippen molar-refractivity contribution in [2.24, 2.45) is 0 Å². The van der Waals surface area contributed by atoms with Gasteiger partial charge in [0.15, 0.2) is 6.29 Å². The van der Waals surface area contributed by atoms with Crippen LogP contribution in [0.4, 0.5) is 0 Å². The van der Waals surface area contributed by atoms with E-state index in [9.17, 15) is 30.6 Å². The molecule has 0 spiro atoms. The number of rotatable bonds is 4. The van der Waals surface area contributed by atoms with Crippen molar-refractivity contribution in [2.75, 3.05) is 19.8 Å². The Bertz CT molecular complexity index is 393. The molecule has 0 amide bonds. The summed E-state index contributed by atoms with van der Waals surface area (Å²) in [4.78, 5) is 0. The van der Waals surface area contributed by atoms with Gasteiger partial charge in [0.2, 0.25) is 5.79 Å². The molecule has 2 rings (SSSR count). The SMILES string of the molecule is OC[C@H]1OC(OC2CO[C@@](O)(CO)[C@@H](O)[C@@H]2O)[C@H](O)[C@@H](O)[C@@H]1O. The van der Waals surface area contributed by atoms with Crippen LogP contribution in [0.5, 0.6) is 0 Å². The zero-order chi connectivity index (χ0) is 17.4. The Hall–Kier alpha value is -0.440. The van der Waals surface area contributed by atoms with Gasteiger partial charge in [0.05, 0.1) is 19.8 Å². The fourth-order valence-corrected chi connectivity index (χ4v) is 2.49. The quantitative estimate of drug-likeness (QED) is 0.243. The van der Waals surface area contributed by atoms with Gasteiger partial charge in [-0.05, 0) is 0 Å². The normalized spacial score (nSPS) is 51.7. The highest BCUT2D eigenvalue weighted by Gasteiger charge is 2.51. The van der Waals surface area contributed by atoms with E-state index in [4.69, 9.17) is 24.4 Å². The van der Waals surface area contributed by atoms with Crippen LogP contribution in [0.25, 0.3) is 0 Å². The third-order valence-corrected chi connectivity index (χ3v) is 4.05. The average Bonchev–Trinajstić information content (AvgIpc) is 2.55. The van der Waals surface area contributed by atoms with Crippen molar-refractivity contribution in [3.63, 3.8) is 0 Å². The topological polar surface area (TPSA) is 190 Å². The fraction of sp³-hybridized carbons (Fsp3) is 1.00. The molecular formula is C12H22O11. The highest BCUT2D eigenvalue weighted by molar-refractivity contribution is 4.94. The van der Waals surface area contributed by atoms with Crippen LogP contribution in [0.1, 0.15) is 0 Å². The number of aliphatic hydroxyl groups excluding tert-OH is 7. The molecule has 0 aromatic carbocycles. The van der Waals surface area contributed by atoms with Crippen LogP contribution in [0.3, 0.4) is 0 Å². The monoisotopic (exact) mass is 342 g/mol. The second-order valence-corrected chi connectivity index (χ2v) is 5.62. The molecule has 0 radical (unpaired) electrons. The van der Waals surface area contributed by atoms with Gasteiger partial charge in [-0.1, -0.05) is 0 Å². The average molecular weight is 342 g/mol. The van der Waals surface area contributed by atoms with E-state index in [0.29, 0.717) is 0 Å². The van der Waals surface area contributed by atoms with Gasteiger partial charge in [0, 0.05) is 0 Å². The molecule has 2 saturated heterocycles. The molecule has 23 heavy (non-hydrogen) atoms. The summed E-state index contributed by atoms with van der Waals surface area (Å²) in [7, 11) is 0. The van der Waals surface area contributed by atoms with Crippen LogP contribution in [0.15, 0.2) is 0 Å². The zero-order valence-electron chi connectivity index (χ0n) is 12.0. The van der Waals surface area contributed by atoms with E-state index < -0.39 is 74.6 Å². The molecular weight excluding hydrogens is 320 g/mol. The van der Waals surface area contributed by atoms with Crippen molar-refractivity contribution in [3.8, 4) is 0 Å². The zero-order valence-corrected chi connectivity index (χ0v) is 12.0. The van der Waals surface area contributed by atoms with Crippen molar-refractivity contribution in [1.82, 2.24) is 0 Å². The summed E-state index contributed by atoms with van der Waals surface area (Å²) < 4.78 is 15.2. The lowest BCUT2D eigenvalue weighted by atomic mass is 9.96. The third-order valence-electron chi connectivity index (χ3n) is 4.05. The molecule has 0 saturated carbocycles. The van der Waals surface area contributed by atoms with Gasteiger partial charge in [-0.15, -0.1) is 0 Å². The van der Waals surface area contributed by atoms with Crippen LogP contribution in [0, 0.1) is 0 Å². The van der Waals surface area contributed by atoms with Crippen molar-refractivity contribution in [1.29, 1.82) is 0 Å². The minimum absolute atomic E-state index is 0.454. The summed E-state index contributed by atoms with van der Waals surface area (Å²) in [6, 6.07) is 0. The molecule has 136 valence electrons. The first kappa shape index (κ1) is 18.9. The van der Waals surface area contributed by atoms with Crippen LogP contribution >= 0.6 is 0 Å². The van der Waals surface area contributed by atoms with Crippen molar-refractivity contribution < 1.29 is 55.1 Å². The van der Waals surface area contributed by atoms with E-state index in [0.717, 1.165) is 0 Å². The van der Waals surface area contributed by atoms with E-state index in [1.165, 1.54) is 0 Å². The molecule has 2 aliphatic rings. The molecule has 0 aliphatic carbocycles. The third kappa shape index (κ3) is 3.50. The Morgan fingerprint density at radius 1 is 0.957 bits per heavy atom. The van der Waals surface area contributed by atoms with E-state index >= 15 is 0 Å². The lowest BCUT2D eigenvalue weighted by Gasteiger charge is -2.45. The Kier molecular flexibility index (Phi) is 5.92. The molecule has 0 aromatic rings. The Labute approximate surface area is 130 Å². The molecule has 8 N–H and O–H groups in total. The fourth-order valence-electron chi connectivity index (χ4n) is 2.49. The van der Waals surface area contributed by atoms with E-state index in [1.54, 1.807) is 0 Å². The van der Waals surface area contributed by atoms with Crippen LogP contribution in [-0.2, 0) is 14.2 Å². The second-order valence-electron chi connectivity index (χ2n) is 5.62. The Morgan fingerprint density at radius 3 is 2.17 bits per heavy atom. The van der Waals surface area contributed by atoms with Gasteiger partial charge in [0.1, 0.15) is 42.7 Å². The first-order chi connectivity index (χ1) is 10.7. The minimum Gasteiger partial charge on any atom is -0.394 e. The molecule has 11 nitrogen and oxygen atoms in total. The molecule has 11 heteroatoms. The highest BCUT2D eigenvalue weighted by atomic mass is 16.7. The van der Waals surface area contributed by atoms with Crippen LogP contribution in [-0.4, -0.2) is 115 Å². The number of aliphatic hydroxyl groups is 8. The molecule has 9 atom stereocenters. The molecule has 2 heterocycles. The second kappa shape index (κ2) is 7.21.